The van der Waals surface area contributed by atoms with Gasteiger partial charge >= 0.3 is 0 Å². The van der Waals surface area contributed by atoms with Crippen LogP contribution in [0.25, 0.3) is 0 Å². The van der Waals surface area contributed by atoms with Crippen LogP contribution in [0.5, 0.6) is 0 Å². The number of aromatic nitrogens is 2. The predicted molar refractivity (Wildman–Crippen MR) is 50.8 cm³/mol. The smallest absolute Gasteiger partial charge is 0.0771 e. The van der Waals surface area contributed by atoms with Crippen molar-refractivity contribution in [3.63, 3.8) is 0 Å². The SMILES string of the molecule is ClCc1cnn(CC2CCCO2)c1. The van der Waals surface area contributed by atoms with Crippen molar-refractivity contribution in [1.82, 2.24) is 9.78 Å². The molecule has 1 atom stereocenters. The fourth-order valence-corrected chi connectivity index (χ4v) is 1.71. The first-order valence-corrected chi connectivity index (χ1v) is 5.11. The molecule has 1 aromatic rings. The van der Waals surface area contributed by atoms with Gasteiger partial charge in [-0.25, -0.2) is 0 Å². The van der Waals surface area contributed by atoms with Crippen LogP contribution >= 0.6 is 11.6 Å². The number of nitrogens with zero attached hydrogens (tertiary/aromatic N) is 2. The van der Waals surface area contributed by atoms with Gasteiger partial charge in [-0.1, -0.05) is 0 Å². The van der Waals surface area contributed by atoms with Crippen molar-refractivity contribution in [3.8, 4) is 0 Å². The third-order valence-electron chi connectivity index (χ3n) is 2.26. The summed E-state index contributed by atoms with van der Waals surface area (Å²) in [6, 6.07) is 0. The molecule has 0 N–H and O–H groups in total. The first-order valence-electron chi connectivity index (χ1n) is 4.57. The summed E-state index contributed by atoms with van der Waals surface area (Å²) < 4.78 is 7.42. The molecule has 2 rings (SSSR count). The van der Waals surface area contributed by atoms with Crippen LogP contribution in [0.1, 0.15) is 18.4 Å². The second-order valence-electron chi connectivity index (χ2n) is 3.34. The van der Waals surface area contributed by atoms with E-state index < -0.39 is 0 Å². The normalized spacial score (nSPS) is 22.4. The van der Waals surface area contributed by atoms with Crippen molar-refractivity contribution >= 4 is 11.6 Å². The van der Waals surface area contributed by atoms with Crippen molar-refractivity contribution < 1.29 is 4.74 Å². The monoisotopic (exact) mass is 200 g/mol. The lowest BCUT2D eigenvalue weighted by Gasteiger charge is -2.08. The highest BCUT2D eigenvalue weighted by Crippen LogP contribution is 2.14. The van der Waals surface area contributed by atoms with Crippen molar-refractivity contribution in [2.24, 2.45) is 0 Å². The van der Waals surface area contributed by atoms with Crippen molar-refractivity contribution in [2.75, 3.05) is 6.61 Å². The fourth-order valence-electron chi connectivity index (χ4n) is 1.57. The van der Waals surface area contributed by atoms with Crippen LogP contribution in [0.2, 0.25) is 0 Å². The highest BCUT2D eigenvalue weighted by molar-refractivity contribution is 6.17. The van der Waals surface area contributed by atoms with E-state index in [1.54, 1.807) is 0 Å². The number of alkyl halides is 1. The Morgan fingerprint density at radius 2 is 2.62 bits per heavy atom. The quantitative estimate of drug-likeness (QED) is 0.696. The Kier molecular flexibility index (Phi) is 2.86. The summed E-state index contributed by atoms with van der Waals surface area (Å²) >= 11 is 5.67. The van der Waals surface area contributed by atoms with E-state index in [1.807, 2.05) is 17.1 Å². The molecule has 0 amide bonds. The minimum Gasteiger partial charge on any atom is -0.376 e. The maximum Gasteiger partial charge on any atom is 0.0771 e. The lowest BCUT2D eigenvalue weighted by molar-refractivity contribution is 0.0940. The molecule has 1 fully saturated rings. The van der Waals surface area contributed by atoms with E-state index in [0.717, 1.165) is 25.1 Å². The molecule has 0 saturated carbocycles. The summed E-state index contributed by atoms with van der Waals surface area (Å²) in [4.78, 5) is 0. The van der Waals surface area contributed by atoms with Gasteiger partial charge in [0.05, 0.1) is 24.7 Å². The molecule has 0 bridgehead atoms. The molecule has 4 heteroatoms. The Hall–Kier alpha value is -0.540. The molecule has 1 aliphatic heterocycles. The standard InChI is InChI=1S/C9H13ClN2O/c10-4-8-5-11-12(6-8)7-9-2-1-3-13-9/h5-6,9H,1-4,7H2. The number of ether oxygens (including phenoxy) is 1. The van der Waals surface area contributed by atoms with Gasteiger partial charge in [-0.2, -0.15) is 5.10 Å². The average molecular weight is 201 g/mol. The van der Waals surface area contributed by atoms with Crippen LogP contribution in [0, 0.1) is 0 Å². The first kappa shape index (κ1) is 9.03. The second-order valence-corrected chi connectivity index (χ2v) is 3.61. The van der Waals surface area contributed by atoms with Gasteiger partial charge in [-0.15, -0.1) is 11.6 Å². The summed E-state index contributed by atoms with van der Waals surface area (Å²) in [6.07, 6.45) is 6.46. The zero-order valence-electron chi connectivity index (χ0n) is 7.45. The van der Waals surface area contributed by atoms with Crippen molar-refractivity contribution in [1.29, 1.82) is 0 Å². The lowest BCUT2D eigenvalue weighted by atomic mass is 10.2. The van der Waals surface area contributed by atoms with E-state index in [2.05, 4.69) is 5.10 Å². The molecule has 0 aliphatic carbocycles. The lowest BCUT2D eigenvalue weighted by Crippen LogP contribution is -2.15. The topological polar surface area (TPSA) is 27.1 Å². The summed E-state index contributed by atoms with van der Waals surface area (Å²) in [5.74, 6) is 0.533. The summed E-state index contributed by atoms with van der Waals surface area (Å²) in [6.45, 7) is 1.76. The summed E-state index contributed by atoms with van der Waals surface area (Å²) in [7, 11) is 0. The molecule has 1 saturated heterocycles. The summed E-state index contributed by atoms with van der Waals surface area (Å²) in [5.41, 5.74) is 1.07. The van der Waals surface area contributed by atoms with Gasteiger partial charge < -0.3 is 4.74 Å². The zero-order chi connectivity index (χ0) is 9.10. The van der Waals surface area contributed by atoms with E-state index in [0.29, 0.717) is 12.0 Å². The molecule has 2 heterocycles. The maximum absolute atomic E-state index is 5.67. The van der Waals surface area contributed by atoms with E-state index in [1.165, 1.54) is 6.42 Å². The van der Waals surface area contributed by atoms with Crippen LogP contribution in [0.3, 0.4) is 0 Å². The van der Waals surface area contributed by atoms with Gasteiger partial charge in [0.1, 0.15) is 0 Å². The molecular formula is C9H13ClN2O. The number of halogens is 1. The molecule has 3 nitrogen and oxygen atoms in total. The van der Waals surface area contributed by atoms with Gasteiger partial charge in [-0.05, 0) is 12.8 Å². The van der Waals surface area contributed by atoms with Crippen LogP contribution in [0.4, 0.5) is 0 Å². The number of rotatable bonds is 3. The Labute approximate surface area is 82.6 Å². The molecule has 13 heavy (non-hydrogen) atoms. The van der Waals surface area contributed by atoms with E-state index in [-0.39, 0.29) is 0 Å². The Balaban J connectivity index is 1.92. The van der Waals surface area contributed by atoms with Crippen LogP contribution in [-0.4, -0.2) is 22.5 Å². The van der Waals surface area contributed by atoms with Gasteiger partial charge in [0.15, 0.2) is 0 Å². The fraction of sp³-hybridized carbons (Fsp3) is 0.667. The minimum absolute atomic E-state index is 0.350. The Bertz CT molecular complexity index is 268. The van der Waals surface area contributed by atoms with E-state index in [9.17, 15) is 0 Å². The van der Waals surface area contributed by atoms with E-state index >= 15 is 0 Å². The molecule has 1 unspecified atom stereocenters. The predicted octanol–water partition coefficient (Wildman–Crippen LogP) is 1.80. The van der Waals surface area contributed by atoms with Crippen LogP contribution in [0.15, 0.2) is 12.4 Å². The molecular weight excluding hydrogens is 188 g/mol. The molecule has 0 spiro atoms. The maximum atomic E-state index is 5.67. The third-order valence-corrected chi connectivity index (χ3v) is 2.56. The number of hydrogen-bond acceptors (Lipinski definition) is 2. The van der Waals surface area contributed by atoms with E-state index in [4.69, 9.17) is 16.3 Å². The minimum atomic E-state index is 0.350. The van der Waals surface area contributed by atoms with Crippen LogP contribution in [-0.2, 0) is 17.2 Å². The third kappa shape index (κ3) is 2.23. The van der Waals surface area contributed by atoms with Crippen molar-refractivity contribution in [3.05, 3.63) is 18.0 Å². The molecule has 0 aromatic carbocycles. The Morgan fingerprint density at radius 1 is 1.69 bits per heavy atom. The summed E-state index contributed by atoms with van der Waals surface area (Å²) in [5, 5.41) is 4.20. The van der Waals surface area contributed by atoms with Crippen molar-refractivity contribution in [2.45, 2.75) is 31.4 Å². The molecule has 1 aromatic heterocycles. The molecule has 1 aliphatic rings. The number of hydrogen-bond donors (Lipinski definition) is 0. The van der Waals surface area contributed by atoms with Gasteiger partial charge in [0.2, 0.25) is 0 Å². The molecule has 72 valence electrons. The highest BCUT2D eigenvalue weighted by atomic mass is 35.5. The van der Waals surface area contributed by atoms with Crippen LogP contribution < -0.4 is 0 Å². The van der Waals surface area contributed by atoms with Gasteiger partial charge in [-0.3, -0.25) is 4.68 Å². The van der Waals surface area contributed by atoms with Gasteiger partial charge in [0, 0.05) is 18.4 Å². The second kappa shape index (κ2) is 4.11. The Morgan fingerprint density at radius 3 is 3.23 bits per heavy atom. The van der Waals surface area contributed by atoms with Gasteiger partial charge in [0.25, 0.3) is 0 Å². The first-order chi connectivity index (χ1) is 6.38. The zero-order valence-corrected chi connectivity index (χ0v) is 8.20. The average Bonchev–Trinajstić information content (AvgIpc) is 2.76. The molecule has 0 radical (unpaired) electrons. The largest absolute Gasteiger partial charge is 0.376 e. The highest BCUT2D eigenvalue weighted by Gasteiger charge is 2.15.